The topological polar surface area (TPSA) is 44.1 Å². The van der Waals surface area contributed by atoms with Gasteiger partial charge in [-0.15, -0.1) is 0 Å². The number of amides is 1. The predicted octanol–water partition coefficient (Wildman–Crippen LogP) is 4.17. The second kappa shape index (κ2) is 6.91. The number of rotatable bonds is 4. The zero-order valence-electron chi connectivity index (χ0n) is 13.3. The van der Waals surface area contributed by atoms with Crippen LogP contribution in [0.1, 0.15) is 33.5 Å². The molecule has 3 heteroatoms. The van der Waals surface area contributed by atoms with E-state index in [0.717, 1.165) is 27.9 Å². The molecule has 3 nitrogen and oxygen atoms in total. The lowest BCUT2D eigenvalue weighted by Crippen LogP contribution is -2.32. The zero-order chi connectivity index (χ0) is 16.1. The van der Waals surface area contributed by atoms with Crippen LogP contribution in [0.3, 0.4) is 0 Å². The number of para-hydroxylation sites is 1. The van der Waals surface area contributed by atoms with E-state index < -0.39 is 0 Å². The molecule has 0 saturated carbocycles. The maximum atomic E-state index is 13.0. The predicted molar refractivity (Wildman–Crippen MR) is 89.0 cm³/mol. The highest BCUT2D eigenvalue weighted by atomic mass is 16.2. The Labute approximate surface area is 131 Å². The van der Waals surface area contributed by atoms with E-state index >= 15 is 0 Å². The van der Waals surface area contributed by atoms with Gasteiger partial charge in [0.15, 0.2) is 0 Å². The van der Waals surface area contributed by atoms with Gasteiger partial charge in [0.05, 0.1) is 12.5 Å². The number of hydrogen-bond acceptors (Lipinski definition) is 2. The maximum absolute atomic E-state index is 13.0. The van der Waals surface area contributed by atoms with E-state index in [1.165, 1.54) is 0 Å². The largest absolute Gasteiger partial charge is 0.307 e. The van der Waals surface area contributed by atoms with Crippen molar-refractivity contribution in [1.29, 1.82) is 5.26 Å². The van der Waals surface area contributed by atoms with Crippen LogP contribution in [0.5, 0.6) is 0 Å². The molecule has 22 heavy (non-hydrogen) atoms. The maximum Gasteiger partial charge on any atom is 0.258 e. The molecule has 2 rings (SSSR count). The first-order valence-electron chi connectivity index (χ1n) is 7.36. The van der Waals surface area contributed by atoms with E-state index in [4.69, 9.17) is 5.26 Å². The van der Waals surface area contributed by atoms with Crippen LogP contribution in [0, 0.1) is 32.1 Å². The van der Waals surface area contributed by atoms with Crippen LogP contribution in [-0.4, -0.2) is 12.5 Å². The van der Waals surface area contributed by atoms with Crippen LogP contribution in [0.15, 0.2) is 42.5 Å². The second-order valence-electron chi connectivity index (χ2n) is 5.47. The lowest BCUT2D eigenvalue weighted by molar-refractivity contribution is 0.0986. The van der Waals surface area contributed by atoms with Gasteiger partial charge < -0.3 is 4.90 Å². The summed E-state index contributed by atoms with van der Waals surface area (Å²) in [5.41, 5.74) is 4.64. The number of nitriles is 1. The molecule has 0 spiro atoms. The molecular weight excluding hydrogens is 272 g/mol. The van der Waals surface area contributed by atoms with Gasteiger partial charge in [0.2, 0.25) is 0 Å². The van der Waals surface area contributed by atoms with Crippen molar-refractivity contribution < 1.29 is 4.79 Å². The molecule has 0 aliphatic carbocycles. The molecule has 0 aliphatic rings. The molecule has 0 bridgehead atoms. The van der Waals surface area contributed by atoms with Crippen molar-refractivity contribution in [1.82, 2.24) is 0 Å². The number of nitrogens with zero attached hydrogens (tertiary/aromatic N) is 2. The molecule has 2 aromatic carbocycles. The highest BCUT2D eigenvalue weighted by molar-refractivity contribution is 6.08. The molecule has 0 saturated heterocycles. The zero-order valence-corrected chi connectivity index (χ0v) is 13.3. The highest BCUT2D eigenvalue weighted by Crippen LogP contribution is 2.22. The minimum absolute atomic E-state index is 0.0450. The number of aryl methyl sites for hydroxylation is 3. The molecule has 0 N–H and O–H groups in total. The van der Waals surface area contributed by atoms with Gasteiger partial charge in [0, 0.05) is 17.8 Å². The third-order valence-corrected chi connectivity index (χ3v) is 3.65. The normalized spacial score (nSPS) is 10.1. The first-order valence-corrected chi connectivity index (χ1v) is 7.36. The number of anilines is 1. The Balaban J connectivity index is 2.45. The van der Waals surface area contributed by atoms with Crippen molar-refractivity contribution >= 4 is 11.6 Å². The van der Waals surface area contributed by atoms with Crippen LogP contribution in [0.2, 0.25) is 0 Å². The molecule has 0 atom stereocenters. The van der Waals surface area contributed by atoms with Crippen LogP contribution >= 0.6 is 0 Å². The van der Waals surface area contributed by atoms with E-state index in [9.17, 15) is 4.79 Å². The molecule has 1 amide bonds. The monoisotopic (exact) mass is 292 g/mol. The fourth-order valence-corrected chi connectivity index (χ4v) is 2.77. The van der Waals surface area contributed by atoms with Crippen molar-refractivity contribution in [2.45, 2.75) is 27.2 Å². The summed E-state index contributed by atoms with van der Waals surface area (Å²) in [6, 6.07) is 15.7. The smallest absolute Gasteiger partial charge is 0.258 e. The van der Waals surface area contributed by atoms with E-state index in [-0.39, 0.29) is 5.91 Å². The van der Waals surface area contributed by atoms with Crippen LogP contribution in [-0.2, 0) is 0 Å². The lowest BCUT2D eigenvalue weighted by Gasteiger charge is -2.24. The molecule has 0 fully saturated rings. The average molecular weight is 292 g/mol. The van der Waals surface area contributed by atoms with E-state index in [1.807, 2.05) is 63.2 Å². The quantitative estimate of drug-likeness (QED) is 0.848. The van der Waals surface area contributed by atoms with Gasteiger partial charge in [-0.25, -0.2) is 0 Å². The van der Waals surface area contributed by atoms with Crippen molar-refractivity contribution in [3.63, 3.8) is 0 Å². The van der Waals surface area contributed by atoms with E-state index in [1.54, 1.807) is 4.90 Å². The molecule has 0 radical (unpaired) electrons. The number of carbonyl (C=O) groups is 1. The molecule has 2 aromatic rings. The minimum atomic E-state index is -0.0450. The summed E-state index contributed by atoms with van der Waals surface area (Å²) in [4.78, 5) is 14.7. The summed E-state index contributed by atoms with van der Waals surface area (Å²) in [7, 11) is 0. The summed E-state index contributed by atoms with van der Waals surface area (Å²) in [5, 5.41) is 8.87. The number of benzene rings is 2. The Hall–Kier alpha value is -2.60. The third kappa shape index (κ3) is 3.35. The SMILES string of the molecule is Cc1cc(C)c(C(=O)N(CCC#N)c2ccccc2)c(C)c1. The average Bonchev–Trinajstić information content (AvgIpc) is 2.47. The standard InChI is InChI=1S/C19H20N2O/c1-14-12-15(2)18(16(3)13-14)19(22)21(11-7-10-20)17-8-5-4-6-9-17/h4-6,8-9,12-13H,7,11H2,1-3H3. The Morgan fingerprint density at radius 1 is 1.09 bits per heavy atom. The van der Waals surface area contributed by atoms with Gasteiger partial charge >= 0.3 is 0 Å². The minimum Gasteiger partial charge on any atom is -0.307 e. The second-order valence-corrected chi connectivity index (χ2v) is 5.47. The van der Waals surface area contributed by atoms with Gasteiger partial charge in [-0.2, -0.15) is 5.26 Å². The fraction of sp³-hybridized carbons (Fsp3) is 0.263. The van der Waals surface area contributed by atoms with Gasteiger partial charge in [-0.3, -0.25) is 4.79 Å². The summed E-state index contributed by atoms with van der Waals surface area (Å²) in [5.74, 6) is -0.0450. The summed E-state index contributed by atoms with van der Waals surface area (Å²) in [6.45, 7) is 6.34. The van der Waals surface area contributed by atoms with Crippen LogP contribution in [0.4, 0.5) is 5.69 Å². The fourth-order valence-electron chi connectivity index (χ4n) is 2.77. The van der Waals surface area contributed by atoms with Crippen molar-refractivity contribution in [3.8, 4) is 6.07 Å². The molecule has 0 unspecified atom stereocenters. The molecular formula is C19H20N2O. The van der Waals surface area contributed by atoms with Gasteiger partial charge in [0.25, 0.3) is 5.91 Å². The molecule has 112 valence electrons. The van der Waals surface area contributed by atoms with E-state index in [0.29, 0.717) is 13.0 Å². The Morgan fingerprint density at radius 3 is 2.23 bits per heavy atom. The third-order valence-electron chi connectivity index (χ3n) is 3.65. The molecule has 0 heterocycles. The Kier molecular flexibility index (Phi) is 4.95. The lowest BCUT2D eigenvalue weighted by atomic mass is 9.98. The molecule has 0 aliphatic heterocycles. The number of hydrogen-bond donors (Lipinski definition) is 0. The number of carbonyl (C=O) groups excluding carboxylic acids is 1. The van der Waals surface area contributed by atoms with Crippen molar-refractivity contribution in [3.05, 3.63) is 64.7 Å². The Bertz CT molecular complexity index is 691. The Morgan fingerprint density at radius 2 is 1.68 bits per heavy atom. The van der Waals surface area contributed by atoms with Crippen LogP contribution in [0.25, 0.3) is 0 Å². The van der Waals surface area contributed by atoms with Gasteiger partial charge in [-0.05, 0) is 44.0 Å². The van der Waals surface area contributed by atoms with Gasteiger partial charge in [0.1, 0.15) is 0 Å². The van der Waals surface area contributed by atoms with Crippen molar-refractivity contribution in [2.24, 2.45) is 0 Å². The molecule has 0 aromatic heterocycles. The first-order chi connectivity index (χ1) is 10.5. The summed E-state index contributed by atoms with van der Waals surface area (Å²) >= 11 is 0. The highest BCUT2D eigenvalue weighted by Gasteiger charge is 2.21. The first kappa shape index (κ1) is 15.8. The van der Waals surface area contributed by atoms with Crippen molar-refractivity contribution in [2.75, 3.05) is 11.4 Å². The summed E-state index contributed by atoms with van der Waals surface area (Å²) < 4.78 is 0. The summed E-state index contributed by atoms with van der Waals surface area (Å²) in [6.07, 6.45) is 0.310. The van der Waals surface area contributed by atoms with Gasteiger partial charge in [-0.1, -0.05) is 35.9 Å². The van der Waals surface area contributed by atoms with Crippen LogP contribution < -0.4 is 4.90 Å². The van der Waals surface area contributed by atoms with E-state index in [2.05, 4.69) is 6.07 Å².